The summed E-state index contributed by atoms with van der Waals surface area (Å²) in [5.74, 6) is -0.837. The van der Waals surface area contributed by atoms with Crippen LogP contribution in [0.2, 0.25) is 0 Å². The molecule has 0 rings (SSSR count). The fraction of sp³-hybridized carbons (Fsp3) is 0.846. The summed E-state index contributed by atoms with van der Waals surface area (Å²) in [5, 5.41) is 11.6. The van der Waals surface area contributed by atoms with Crippen LogP contribution < -0.4 is 5.32 Å². The van der Waals surface area contributed by atoms with Gasteiger partial charge in [0, 0.05) is 25.0 Å². The Bertz CT molecular complexity index is 277. The number of nitrogens with one attached hydrogen (secondary N) is 1. The van der Waals surface area contributed by atoms with E-state index in [2.05, 4.69) is 12.2 Å². The van der Waals surface area contributed by atoms with Gasteiger partial charge < -0.3 is 15.3 Å². The molecule has 0 aromatic heterocycles. The van der Waals surface area contributed by atoms with Gasteiger partial charge in [-0.1, -0.05) is 13.3 Å². The zero-order valence-corrected chi connectivity index (χ0v) is 12.0. The number of unbranched alkanes of at least 4 members (excludes halogenated alkanes) is 1. The monoisotopic (exact) mass is 258 g/mol. The maximum Gasteiger partial charge on any atom is 0.317 e. The van der Waals surface area contributed by atoms with E-state index in [4.69, 9.17) is 5.11 Å². The van der Waals surface area contributed by atoms with Crippen molar-refractivity contribution >= 4 is 12.0 Å². The lowest BCUT2D eigenvalue weighted by Crippen LogP contribution is -2.50. The van der Waals surface area contributed by atoms with E-state index in [1.807, 2.05) is 20.8 Å². The molecule has 2 amide bonds. The Kier molecular flexibility index (Phi) is 7.39. The van der Waals surface area contributed by atoms with Crippen LogP contribution in [0, 0.1) is 0 Å². The minimum atomic E-state index is -0.837. The Morgan fingerprint density at radius 1 is 1.28 bits per heavy atom. The minimum Gasteiger partial charge on any atom is -0.481 e. The Hall–Kier alpha value is -1.26. The molecule has 0 saturated carbocycles. The predicted molar refractivity (Wildman–Crippen MR) is 71.6 cm³/mol. The van der Waals surface area contributed by atoms with Crippen LogP contribution in [-0.4, -0.2) is 40.6 Å². The van der Waals surface area contributed by atoms with Gasteiger partial charge in [-0.25, -0.2) is 4.79 Å². The van der Waals surface area contributed by atoms with Crippen molar-refractivity contribution in [3.05, 3.63) is 0 Å². The maximum atomic E-state index is 12.0. The van der Waals surface area contributed by atoms with Crippen molar-refractivity contribution in [2.45, 2.75) is 58.9 Å². The first-order chi connectivity index (χ1) is 8.32. The van der Waals surface area contributed by atoms with Crippen molar-refractivity contribution < 1.29 is 14.7 Å². The van der Waals surface area contributed by atoms with Gasteiger partial charge in [-0.3, -0.25) is 4.79 Å². The molecule has 0 fully saturated rings. The van der Waals surface area contributed by atoms with E-state index >= 15 is 0 Å². The van der Waals surface area contributed by atoms with E-state index in [1.54, 1.807) is 4.90 Å². The highest BCUT2D eigenvalue weighted by atomic mass is 16.4. The van der Waals surface area contributed by atoms with Crippen LogP contribution in [0.15, 0.2) is 0 Å². The van der Waals surface area contributed by atoms with Crippen LogP contribution in [-0.2, 0) is 4.79 Å². The number of hydrogen-bond donors (Lipinski definition) is 2. The summed E-state index contributed by atoms with van der Waals surface area (Å²) in [6, 6.07) is -0.110. The number of carboxylic acids is 1. The van der Waals surface area contributed by atoms with Crippen LogP contribution in [0.3, 0.4) is 0 Å². The van der Waals surface area contributed by atoms with Crippen LogP contribution in [0.25, 0.3) is 0 Å². The molecule has 0 saturated heterocycles. The molecule has 0 aliphatic rings. The average Bonchev–Trinajstić information content (AvgIpc) is 2.27. The van der Waals surface area contributed by atoms with Gasteiger partial charge in [0.05, 0.1) is 0 Å². The third kappa shape index (κ3) is 7.14. The number of carbonyl (C=O) groups is 2. The first-order valence-corrected chi connectivity index (χ1v) is 6.61. The Labute approximate surface area is 110 Å². The average molecular weight is 258 g/mol. The summed E-state index contributed by atoms with van der Waals surface area (Å²) < 4.78 is 0. The second-order valence-corrected chi connectivity index (χ2v) is 5.14. The molecule has 5 heteroatoms. The lowest BCUT2D eigenvalue weighted by molar-refractivity contribution is -0.137. The first-order valence-electron chi connectivity index (χ1n) is 6.61. The van der Waals surface area contributed by atoms with Crippen molar-refractivity contribution in [1.82, 2.24) is 10.2 Å². The van der Waals surface area contributed by atoms with Gasteiger partial charge in [0.1, 0.15) is 0 Å². The Balaban J connectivity index is 4.28. The van der Waals surface area contributed by atoms with Crippen molar-refractivity contribution in [2.24, 2.45) is 0 Å². The molecular weight excluding hydrogens is 232 g/mol. The van der Waals surface area contributed by atoms with Crippen molar-refractivity contribution in [1.29, 1.82) is 0 Å². The molecule has 0 aliphatic carbocycles. The predicted octanol–water partition coefficient (Wildman–Crippen LogP) is 2.46. The largest absolute Gasteiger partial charge is 0.481 e. The van der Waals surface area contributed by atoms with Crippen molar-refractivity contribution in [3.8, 4) is 0 Å². The van der Waals surface area contributed by atoms with Crippen LogP contribution in [0.1, 0.15) is 53.4 Å². The van der Waals surface area contributed by atoms with Gasteiger partial charge in [-0.2, -0.15) is 0 Å². The fourth-order valence-electron chi connectivity index (χ4n) is 1.60. The van der Waals surface area contributed by atoms with E-state index < -0.39 is 11.5 Å². The lowest BCUT2D eigenvalue weighted by atomic mass is 9.99. The number of aliphatic carboxylic acids is 1. The molecule has 0 aromatic carbocycles. The summed E-state index contributed by atoms with van der Waals surface area (Å²) in [6.45, 7) is 9.14. The van der Waals surface area contributed by atoms with E-state index in [1.165, 1.54) is 0 Å². The number of hydrogen-bond acceptors (Lipinski definition) is 2. The number of carboxylic acid groups (broad SMARTS) is 1. The smallest absolute Gasteiger partial charge is 0.317 e. The number of urea groups is 1. The summed E-state index contributed by atoms with van der Waals surface area (Å²) >= 11 is 0. The van der Waals surface area contributed by atoms with Crippen molar-refractivity contribution in [2.75, 3.05) is 13.1 Å². The van der Waals surface area contributed by atoms with E-state index in [-0.39, 0.29) is 12.5 Å². The zero-order chi connectivity index (χ0) is 14.2. The standard InChI is InChI=1S/C13H26N2O3/c1-5-7-10-15(6-2)12(18)14-13(3,4)9-8-11(16)17/h5-10H2,1-4H3,(H,14,18)(H,16,17). The first kappa shape index (κ1) is 16.7. The quantitative estimate of drug-likeness (QED) is 0.702. The summed E-state index contributed by atoms with van der Waals surface area (Å²) in [6.07, 6.45) is 2.52. The second kappa shape index (κ2) is 7.95. The molecule has 0 aliphatic heterocycles. The number of rotatable bonds is 8. The SMILES string of the molecule is CCCCN(CC)C(=O)NC(C)(C)CCC(=O)O. The Morgan fingerprint density at radius 3 is 2.33 bits per heavy atom. The third-order valence-corrected chi connectivity index (χ3v) is 2.86. The van der Waals surface area contributed by atoms with Gasteiger partial charge in [0.2, 0.25) is 0 Å². The lowest BCUT2D eigenvalue weighted by Gasteiger charge is -2.30. The molecule has 0 spiro atoms. The van der Waals surface area contributed by atoms with Gasteiger partial charge in [0.25, 0.3) is 0 Å². The maximum absolute atomic E-state index is 12.0. The highest BCUT2D eigenvalue weighted by molar-refractivity contribution is 5.75. The molecule has 106 valence electrons. The molecule has 18 heavy (non-hydrogen) atoms. The highest BCUT2D eigenvalue weighted by Crippen LogP contribution is 2.12. The zero-order valence-electron chi connectivity index (χ0n) is 12.0. The van der Waals surface area contributed by atoms with Crippen LogP contribution >= 0.6 is 0 Å². The number of amides is 2. The van der Waals surface area contributed by atoms with Gasteiger partial charge in [0.15, 0.2) is 0 Å². The highest BCUT2D eigenvalue weighted by Gasteiger charge is 2.23. The molecule has 0 unspecified atom stereocenters. The van der Waals surface area contributed by atoms with Gasteiger partial charge in [-0.15, -0.1) is 0 Å². The van der Waals surface area contributed by atoms with E-state index in [0.29, 0.717) is 13.0 Å². The molecule has 0 bridgehead atoms. The number of carbonyl (C=O) groups excluding carboxylic acids is 1. The minimum absolute atomic E-state index is 0.0639. The van der Waals surface area contributed by atoms with Gasteiger partial charge in [-0.05, 0) is 33.6 Å². The second-order valence-electron chi connectivity index (χ2n) is 5.14. The van der Waals surface area contributed by atoms with Crippen molar-refractivity contribution in [3.63, 3.8) is 0 Å². The molecule has 0 radical (unpaired) electrons. The third-order valence-electron chi connectivity index (χ3n) is 2.86. The summed E-state index contributed by atoms with van der Waals surface area (Å²) in [7, 11) is 0. The molecule has 0 aromatic rings. The molecule has 0 atom stereocenters. The molecular formula is C13H26N2O3. The summed E-state index contributed by atoms with van der Waals surface area (Å²) in [4.78, 5) is 24.3. The molecule has 5 nitrogen and oxygen atoms in total. The van der Waals surface area contributed by atoms with E-state index in [9.17, 15) is 9.59 Å². The topological polar surface area (TPSA) is 69.6 Å². The summed E-state index contributed by atoms with van der Waals surface area (Å²) in [5.41, 5.74) is -0.491. The fourth-order valence-corrected chi connectivity index (χ4v) is 1.60. The van der Waals surface area contributed by atoms with Crippen LogP contribution in [0.5, 0.6) is 0 Å². The van der Waals surface area contributed by atoms with E-state index in [0.717, 1.165) is 19.4 Å². The molecule has 2 N–H and O–H groups in total. The Morgan fingerprint density at radius 2 is 1.89 bits per heavy atom. The number of nitrogens with zero attached hydrogens (tertiary/aromatic N) is 1. The van der Waals surface area contributed by atoms with Crippen LogP contribution in [0.4, 0.5) is 4.79 Å². The molecule has 0 heterocycles. The normalized spacial score (nSPS) is 11.1. The van der Waals surface area contributed by atoms with Gasteiger partial charge >= 0.3 is 12.0 Å².